The van der Waals surface area contributed by atoms with E-state index in [4.69, 9.17) is 18.9 Å². The number of esters is 1. The van der Waals surface area contributed by atoms with Gasteiger partial charge in [0.1, 0.15) is 5.00 Å². The van der Waals surface area contributed by atoms with Crippen LogP contribution in [0.1, 0.15) is 47.1 Å². The van der Waals surface area contributed by atoms with Crippen molar-refractivity contribution in [2.45, 2.75) is 39.4 Å². The average molecular weight is 446 g/mol. The van der Waals surface area contributed by atoms with Crippen LogP contribution in [0.25, 0.3) is 6.08 Å². The molecule has 8 heteroatoms. The molecule has 31 heavy (non-hydrogen) atoms. The summed E-state index contributed by atoms with van der Waals surface area (Å²) >= 11 is 1.35. The minimum absolute atomic E-state index is 0.260. The minimum atomic E-state index is -0.433. The molecule has 3 rings (SSSR count). The number of methoxy groups -OCH3 is 2. The monoisotopic (exact) mass is 445 g/mol. The largest absolute Gasteiger partial charge is 0.493 e. The summed E-state index contributed by atoms with van der Waals surface area (Å²) in [4.78, 5) is 26.2. The number of carbonyl (C=O) groups is 2. The van der Waals surface area contributed by atoms with Crippen molar-refractivity contribution in [3.63, 3.8) is 0 Å². The molecule has 166 valence electrons. The lowest BCUT2D eigenvalue weighted by Gasteiger charge is -2.30. The third-order valence-electron chi connectivity index (χ3n) is 4.84. The summed E-state index contributed by atoms with van der Waals surface area (Å²) in [5, 5.41) is 3.31. The minimum Gasteiger partial charge on any atom is -0.493 e. The molecule has 1 aromatic carbocycles. The maximum atomic E-state index is 12.6. The zero-order valence-corrected chi connectivity index (χ0v) is 19.2. The van der Waals surface area contributed by atoms with Crippen LogP contribution in [0.5, 0.6) is 11.5 Å². The molecule has 7 nitrogen and oxygen atoms in total. The first-order valence-corrected chi connectivity index (χ1v) is 10.8. The Labute approximate surface area is 186 Å². The number of hydrogen-bond donors (Lipinski definition) is 1. The standard InChI is InChI=1S/C23H27NO6S/c1-6-29-22(26)20-15-12-23(2,3)30-13-18(15)31-21(20)24-19(25)10-8-14-7-9-16(27-4)17(11-14)28-5/h7-11H,6,12-13H2,1-5H3,(H,24,25)/b10-8+. The number of nitrogens with one attached hydrogen (secondary N) is 1. The quantitative estimate of drug-likeness (QED) is 0.501. The number of thiophene rings is 1. The van der Waals surface area contributed by atoms with Gasteiger partial charge in [0.2, 0.25) is 5.91 Å². The smallest absolute Gasteiger partial charge is 0.341 e. The van der Waals surface area contributed by atoms with E-state index in [0.29, 0.717) is 35.1 Å². The topological polar surface area (TPSA) is 83.1 Å². The Kier molecular flexibility index (Phi) is 7.02. The Bertz CT molecular complexity index is 1010. The Balaban J connectivity index is 1.83. The maximum Gasteiger partial charge on any atom is 0.341 e. The predicted octanol–water partition coefficient (Wildman–Crippen LogP) is 4.45. The van der Waals surface area contributed by atoms with Gasteiger partial charge < -0.3 is 24.3 Å². The zero-order valence-electron chi connectivity index (χ0n) is 18.4. The van der Waals surface area contributed by atoms with Gasteiger partial charge >= 0.3 is 5.97 Å². The van der Waals surface area contributed by atoms with Crippen LogP contribution in [0, 0.1) is 0 Å². The molecular weight excluding hydrogens is 418 g/mol. The molecule has 2 aromatic rings. The molecule has 0 radical (unpaired) electrons. The van der Waals surface area contributed by atoms with Crippen molar-refractivity contribution >= 4 is 34.3 Å². The van der Waals surface area contributed by atoms with Crippen molar-refractivity contribution in [1.82, 2.24) is 0 Å². The lowest BCUT2D eigenvalue weighted by molar-refractivity contribution is -0.111. The van der Waals surface area contributed by atoms with E-state index in [1.807, 2.05) is 19.9 Å². The molecule has 1 N–H and O–H groups in total. The van der Waals surface area contributed by atoms with Gasteiger partial charge in [-0.05, 0) is 50.1 Å². The Morgan fingerprint density at radius 1 is 1.23 bits per heavy atom. The van der Waals surface area contributed by atoms with E-state index >= 15 is 0 Å². The summed E-state index contributed by atoms with van der Waals surface area (Å²) < 4.78 is 21.6. The molecule has 0 bridgehead atoms. The zero-order chi connectivity index (χ0) is 22.6. The van der Waals surface area contributed by atoms with Gasteiger partial charge in [-0.1, -0.05) is 6.07 Å². The highest BCUT2D eigenvalue weighted by Crippen LogP contribution is 2.40. The first-order chi connectivity index (χ1) is 14.8. The lowest BCUT2D eigenvalue weighted by Crippen LogP contribution is -2.32. The van der Waals surface area contributed by atoms with Gasteiger partial charge in [-0.3, -0.25) is 4.79 Å². The van der Waals surface area contributed by atoms with Crippen LogP contribution < -0.4 is 14.8 Å². The second kappa shape index (κ2) is 9.53. The number of hydrogen-bond acceptors (Lipinski definition) is 7. The molecule has 2 heterocycles. The summed E-state index contributed by atoms with van der Waals surface area (Å²) in [6, 6.07) is 5.36. The number of anilines is 1. The number of benzene rings is 1. The number of ether oxygens (including phenoxy) is 4. The molecule has 0 fully saturated rings. The fourth-order valence-electron chi connectivity index (χ4n) is 3.34. The van der Waals surface area contributed by atoms with Crippen LogP contribution in [0.15, 0.2) is 24.3 Å². The molecule has 1 aliphatic heterocycles. The van der Waals surface area contributed by atoms with Crippen molar-refractivity contribution in [2.75, 3.05) is 26.1 Å². The van der Waals surface area contributed by atoms with Crippen molar-refractivity contribution in [3.8, 4) is 11.5 Å². The van der Waals surface area contributed by atoms with Crippen LogP contribution in [0.2, 0.25) is 0 Å². The average Bonchev–Trinajstić information content (AvgIpc) is 3.07. The molecule has 1 aromatic heterocycles. The molecule has 0 saturated carbocycles. The van der Waals surface area contributed by atoms with Crippen LogP contribution in [-0.2, 0) is 27.3 Å². The number of rotatable bonds is 7. The van der Waals surface area contributed by atoms with E-state index in [1.165, 1.54) is 17.4 Å². The van der Waals surface area contributed by atoms with Crippen molar-refractivity contribution < 1.29 is 28.5 Å². The van der Waals surface area contributed by atoms with E-state index < -0.39 is 5.97 Å². The number of carbonyl (C=O) groups excluding carboxylic acids is 2. The second-order valence-corrected chi connectivity index (χ2v) is 8.70. The van der Waals surface area contributed by atoms with E-state index in [1.54, 1.807) is 39.4 Å². The number of fused-ring (bicyclic) bond motifs is 1. The van der Waals surface area contributed by atoms with Gasteiger partial charge in [-0.25, -0.2) is 4.79 Å². The van der Waals surface area contributed by atoms with Gasteiger partial charge in [0.05, 0.1) is 38.6 Å². The molecule has 0 aliphatic carbocycles. The SMILES string of the molecule is CCOC(=O)c1c(NC(=O)/C=C/c2ccc(OC)c(OC)c2)sc2c1CC(C)(C)OC2. The summed E-state index contributed by atoms with van der Waals surface area (Å²) in [7, 11) is 3.12. The van der Waals surface area contributed by atoms with Crippen LogP contribution in [-0.4, -0.2) is 38.3 Å². The molecule has 0 spiro atoms. The Morgan fingerprint density at radius 2 is 1.97 bits per heavy atom. The van der Waals surface area contributed by atoms with Crippen molar-refractivity contribution in [1.29, 1.82) is 0 Å². The second-order valence-electron chi connectivity index (χ2n) is 7.59. The third kappa shape index (κ3) is 5.26. The van der Waals surface area contributed by atoms with Crippen molar-refractivity contribution in [2.24, 2.45) is 0 Å². The van der Waals surface area contributed by atoms with E-state index in [2.05, 4.69) is 5.32 Å². The summed E-state index contributed by atoms with van der Waals surface area (Å²) in [6.45, 7) is 6.37. The highest BCUT2D eigenvalue weighted by atomic mass is 32.1. The van der Waals surface area contributed by atoms with Crippen LogP contribution in [0.3, 0.4) is 0 Å². The first-order valence-electron chi connectivity index (χ1n) is 9.94. The van der Waals surface area contributed by atoms with Crippen LogP contribution in [0.4, 0.5) is 5.00 Å². The van der Waals surface area contributed by atoms with Gasteiger partial charge in [0.15, 0.2) is 11.5 Å². The highest BCUT2D eigenvalue weighted by molar-refractivity contribution is 7.17. The van der Waals surface area contributed by atoms with Gasteiger partial charge in [0.25, 0.3) is 0 Å². The predicted molar refractivity (Wildman–Crippen MR) is 120 cm³/mol. The van der Waals surface area contributed by atoms with Crippen molar-refractivity contribution in [3.05, 3.63) is 45.8 Å². The summed E-state index contributed by atoms with van der Waals surface area (Å²) in [5.74, 6) is 0.400. The lowest BCUT2D eigenvalue weighted by atomic mass is 9.93. The first kappa shape index (κ1) is 22.8. The fourth-order valence-corrected chi connectivity index (χ4v) is 4.46. The summed E-state index contributed by atoms with van der Waals surface area (Å²) in [6.07, 6.45) is 3.65. The molecule has 1 aliphatic rings. The fraction of sp³-hybridized carbons (Fsp3) is 0.391. The number of amides is 1. The van der Waals surface area contributed by atoms with Gasteiger partial charge in [0, 0.05) is 17.4 Å². The van der Waals surface area contributed by atoms with Gasteiger partial charge in [-0.2, -0.15) is 0 Å². The molecular formula is C23H27NO6S. The molecule has 0 saturated heterocycles. The molecule has 0 unspecified atom stereocenters. The van der Waals surface area contributed by atoms with Crippen LogP contribution >= 0.6 is 11.3 Å². The summed E-state index contributed by atoms with van der Waals surface area (Å²) in [5.41, 5.74) is 1.70. The van der Waals surface area contributed by atoms with Gasteiger partial charge in [-0.15, -0.1) is 11.3 Å². The normalized spacial score (nSPS) is 14.7. The third-order valence-corrected chi connectivity index (χ3v) is 5.96. The maximum absolute atomic E-state index is 12.6. The highest BCUT2D eigenvalue weighted by Gasteiger charge is 2.34. The Hall–Kier alpha value is -2.84. The van der Waals surface area contributed by atoms with E-state index in [9.17, 15) is 9.59 Å². The van der Waals surface area contributed by atoms with E-state index in [-0.39, 0.29) is 18.1 Å². The molecule has 0 atom stereocenters. The Morgan fingerprint density at radius 3 is 2.65 bits per heavy atom. The molecule has 1 amide bonds. The van der Waals surface area contributed by atoms with E-state index in [0.717, 1.165) is 16.0 Å².